The third-order valence-corrected chi connectivity index (χ3v) is 2.62. The maximum atomic E-state index is 11.3. The number of imide groups is 1. The lowest BCUT2D eigenvalue weighted by molar-refractivity contribution is -0.118. The average Bonchev–Trinajstić information content (AvgIpc) is 2.54. The van der Waals surface area contributed by atoms with Crippen molar-refractivity contribution in [1.29, 1.82) is 0 Å². The second kappa shape index (κ2) is 4.35. The monoisotopic (exact) mass is 218 g/mol. The lowest BCUT2D eigenvalue weighted by Crippen LogP contribution is -2.30. The van der Waals surface area contributed by atoms with E-state index in [-0.39, 0.29) is 18.5 Å². The fourth-order valence-corrected chi connectivity index (χ4v) is 1.80. The summed E-state index contributed by atoms with van der Waals surface area (Å²) in [5, 5.41) is 2.26. The maximum Gasteiger partial charge on any atom is 0.324 e. The van der Waals surface area contributed by atoms with E-state index in [1.807, 2.05) is 25.1 Å². The van der Waals surface area contributed by atoms with Crippen LogP contribution in [0.3, 0.4) is 0 Å². The zero-order valence-corrected chi connectivity index (χ0v) is 9.19. The summed E-state index contributed by atoms with van der Waals surface area (Å²) in [7, 11) is 0. The van der Waals surface area contributed by atoms with Crippen LogP contribution in [0.15, 0.2) is 24.3 Å². The predicted octanol–water partition coefficient (Wildman–Crippen LogP) is 1.09. The molecule has 1 aliphatic rings. The van der Waals surface area contributed by atoms with Gasteiger partial charge in [-0.25, -0.2) is 4.79 Å². The molecule has 16 heavy (non-hydrogen) atoms. The van der Waals surface area contributed by atoms with Gasteiger partial charge in [0.25, 0.3) is 0 Å². The van der Waals surface area contributed by atoms with Gasteiger partial charge < -0.3 is 4.90 Å². The van der Waals surface area contributed by atoms with Crippen LogP contribution in [0, 0.1) is 6.92 Å². The first kappa shape index (κ1) is 10.7. The summed E-state index contributed by atoms with van der Waals surface area (Å²) in [6, 6.07) is 7.88. The topological polar surface area (TPSA) is 49.4 Å². The summed E-state index contributed by atoms with van der Waals surface area (Å²) >= 11 is 0. The summed E-state index contributed by atoms with van der Waals surface area (Å²) < 4.78 is 0. The molecule has 1 fully saturated rings. The number of carbonyl (C=O) groups excluding carboxylic acids is 2. The van der Waals surface area contributed by atoms with Gasteiger partial charge in [-0.15, -0.1) is 0 Å². The van der Waals surface area contributed by atoms with E-state index in [0.29, 0.717) is 6.54 Å². The van der Waals surface area contributed by atoms with Crippen molar-refractivity contribution in [2.45, 2.75) is 13.3 Å². The highest BCUT2D eigenvalue weighted by Gasteiger charge is 2.25. The van der Waals surface area contributed by atoms with Gasteiger partial charge in [0.15, 0.2) is 0 Å². The second-order valence-electron chi connectivity index (χ2n) is 4.01. The molecule has 4 nitrogen and oxygen atoms in total. The third kappa shape index (κ3) is 2.39. The van der Waals surface area contributed by atoms with Gasteiger partial charge in [0, 0.05) is 6.54 Å². The minimum atomic E-state index is -0.280. The normalized spacial score (nSPS) is 15.4. The summed E-state index contributed by atoms with van der Waals surface area (Å²) in [5.41, 5.74) is 2.39. The average molecular weight is 218 g/mol. The number of hydrogen-bond donors (Lipinski definition) is 1. The predicted molar refractivity (Wildman–Crippen MR) is 60.0 cm³/mol. The molecule has 3 amide bonds. The SMILES string of the molecule is Cc1cccc(CCN2CC(=O)NC2=O)c1. The molecule has 0 bridgehead atoms. The second-order valence-corrected chi connectivity index (χ2v) is 4.01. The van der Waals surface area contributed by atoms with Crippen molar-refractivity contribution in [1.82, 2.24) is 10.2 Å². The maximum absolute atomic E-state index is 11.3. The third-order valence-electron chi connectivity index (χ3n) is 2.62. The number of benzene rings is 1. The molecule has 0 spiro atoms. The van der Waals surface area contributed by atoms with Gasteiger partial charge in [0.05, 0.1) is 0 Å². The molecule has 84 valence electrons. The van der Waals surface area contributed by atoms with Gasteiger partial charge in [-0.2, -0.15) is 0 Å². The van der Waals surface area contributed by atoms with Gasteiger partial charge >= 0.3 is 6.03 Å². The number of amides is 3. The molecule has 0 aromatic heterocycles. The van der Waals surface area contributed by atoms with E-state index >= 15 is 0 Å². The van der Waals surface area contributed by atoms with E-state index in [4.69, 9.17) is 0 Å². The number of hydrogen-bond acceptors (Lipinski definition) is 2. The lowest BCUT2D eigenvalue weighted by atomic mass is 10.1. The van der Waals surface area contributed by atoms with E-state index < -0.39 is 0 Å². The van der Waals surface area contributed by atoms with E-state index in [1.165, 1.54) is 16.0 Å². The number of aryl methyl sites for hydroxylation is 1. The number of carbonyl (C=O) groups is 2. The Balaban J connectivity index is 1.93. The number of urea groups is 1. The van der Waals surface area contributed by atoms with Crippen LogP contribution in [-0.4, -0.2) is 29.9 Å². The zero-order chi connectivity index (χ0) is 11.5. The summed E-state index contributed by atoms with van der Waals surface area (Å²) in [6.07, 6.45) is 0.780. The van der Waals surface area contributed by atoms with Crippen LogP contribution < -0.4 is 5.32 Å². The Morgan fingerprint density at radius 3 is 2.81 bits per heavy atom. The van der Waals surface area contributed by atoms with Crippen molar-refractivity contribution in [2.24, 2.45) is 0 Å². The van der Waals surface area contributed by atoms with Gasteiger partial charge in [-0.05, 0) is 18.9 Å². The molecule has 2 rings (SSSR count). The number of nitrogens with zero attached hydrogens (tertiary/aromatic N) is 1. The molecular weight excluding hydrogens is 204 g/mol. The number of nitrogens with one attached hydrogen (secondary N) is 1. The van der Waals surface area contributed by atoms with Gasteiger partial charge in [0.1, 0.15) is 6.54 Å². The van der Waals surface area contributed by atoms with Crippen molar-refractivity contribution in [3.63, 3.8) is 0 Å². The van der Waals surface area contributed by atoms with Crippen molar-refractivity contribution in [3.05, 3.63) is 35.4 Å². The summed E-state index contributed by atoms with van der Waals surface area (Å²) in [4.78, 5) is 23.8. The Kier molecular flexibility index (Phi) is 2.90. The number of rotatable bonds is 3. The van der Waals surface area contributed by atoms with Gasteiger partial charge in [-0.3, -0.25) is 10.1 Å². The molecular formula is C12H14N2O2. The molecule has 0 aliphatic carbocycles. The Bertz CT molecular complexity index is 429. The quantitative estimate of drug-likeness (QED) is 0.772. The van der Waals surface area contributed by atoms with Crippen LogP contribution >= 0.6 is 0 Å². The molecule has 0 saturated carbocycles. The van der Waals surface area contributed by atoms with E-state index in [2.05, 4.69) is 11.4 Å². The van der Waals surface area contributed by atoms with Crippen LogP contribution in [0.25, 0.3) is 0 Å². The largest absolute Gasteiger partial charge is 0.324 e. The van der Waals surface area contributed by atoms with Gasteiger partial charge in [0.2, 0.25) is 5.91 Å². The van der Waals surface area contributed by atoms with E-state index in [0.717, 1.165) is 6.42 Å². The first-order chi connectivity index (χ1) is 7.65. The van der Waals surface area contributed by atoms with Crippen molar-refractivity contribution in [2.75, 3.05) is 13.1 Å². The Hall–Kier alpha value is -1.84. The zero-order valence-electron chi connectivity index (χ0n) is 9.19. The highest BCUT2D eigenvalue weighted by Crippen LogP contribution is 2.07. The Morgan fingerprint density at radius 2 is 2.19 bits per heavy atom. The molecule has 4 heteroatoms. The molecule has 1 saturated heterocycles. The van der Waals surface area contributed by atoms with Crippen LogP contribution in [0.2, 0.25) is 0 Å². The van der Waals surface area contributed by atoms with Crippen molar-refractivity contribution in [3.8, 4) is 0 Å². The van der Waals surface area contributed by atoms with Gasteiger partial charge in [-0.1, -0.05) is 29.8 Å². The first-order valence-electron chi connectivity index (χ1n) is 5.29. The fraction of sp³-hybridized carbons (Fsp3) is 0.333. The van der Waals surface area contributed by atoms with Crippen LogP contribution in [0.5, 0.6) is 0 Å². The fourth-order valence-electron chi connectivity index (χ4n) is 1.80. The molecule has 1 heterocycles. The highest BCUT2D eigenvalue weighted by molar-refractivity contribution is 6.01. The van der Waals surface area contributed by atoms with Crippen LogP contribution in [0.4, 0.5) is 4.79 Å². The smallest absolute Gasteiger partial charge is 0.315 e. The van der Waals surface area contributed by atoms with Crippen LogP contribution in [0.1, 0.15) is 11.1 Å². The molecule has 0 unspecified atom stereocenters. The molecule has 1 aromatic rings. The van der Waals surface area contributed by atoms with Crippen molar-refractivity contribution < 1.29 is 9.59 Å². The molecule has 0 radical (unpaired) electrons. The summed E-state index contributed by atoms with van der Waals surface area (Å²) in [6.45, 7) is 2.81. The Labute approximate surface area is 94.2 Å². The molecule has 0 atom stereocenters. The van der Waals surface area contributed by atoms with E-state index in [9.17, 15) is 9.59 Å². The molecule has 1 aliphatic heterocycles. The highest BCUT2D eigenvalue weighted by atomic mass is 16.2. The standard InChI is InChI=1S/C12H14N2O2/c1-9-3-2-4-10(7-9)5-6-14-8-11(15)13-12(14)16/h2-4,7H,5-6,8H2,1H3,(H,13,15,16). The summed E-state index contributed by atoms with van der Waals surface area (Å²) in [5.74, 6) is -0.214. The lowest BCUT2D eigenvalue weighted by Gasteiger charge is -2.12. The first-order valence-corrected chi connectivity index (χ1v) is 5.29. The Morgan fingerprint density at radius 1 is 1.38 bits per heavy atom. The van der Waals surface area contributed by atoms with Crippen LogP contribution in [-0.2, 0) is 11.2 Å². The van der Waals surface area contributed by atoms with E-state index in [1.54, 1.807) is 0 Å². The molecule has 1 aromatic carbocycles. The minimum Gasteiger partial charge on any atom is -0.315 e. The van der Waals surface area contributed by atoms with Crippen molar-refractivity contribution >= 4 is 11.9 Å². The minimum absolute atomic E-state index is 0.185. The molecule has 1 N–H and O–H groups in total.